The second-order valence-electron chi connectivity index (χ2n) is 11.0. The highest BCUT2D eigenvalue weighted by molar-refractivity contribution is 6.02. The van der Waals surface area contributed by atoms with Gasteiger partial charge >= 0.3 is 12.1 Å². The third-order valence-corrected chi connectivity index (χ3v) is 6.62. The van der Waals surface area contributed by atoms with Crippen LogP contribution >= 0.6 is 0 Å². The van der Waals surface area contributed by atoms with E-state index in [1.165, 1.54) is 9.80 Å². The molecule has 2 aliphatic rings. The molecule has 0 aromatic rings. The van der Waals surface area contributed by atoms with E-state index in [1.54, 1.807) is 9.80 Å². The zero-order chi connectivity index (χ0) is 26.2. The maximum atomic E-state index is 12.3. The van der Waals surface area contributed by atoms with E-state index < -0.39 is 0 Å². The number of amides is 6. The third kappa shape index (κ3) is 8.45. The predicted octanol–water partition coefficient (Wildman–Crippen LogP) is 2.81. The van der Waals surface area contributed by atoms with Gasteiger partial charge in [-0.25, -0.2) is 9.59 Å². The average Bonchev–Trinajstić information content (AvgIpc) is 3.21. The maximum absolute atomic E-state index is 12.3. The van der Waals surface area contributed by atoms with Gasteiger partial charge in [-0.2, -0.15) is 0 Å². The van der Waals surface area contributed by atoms with Crippen molar-refractivity contribution in [1.29, 1.82) is 0 Å². The van der Waals surface area contributed by atoms with Crippen molar-refractivity contribution < 1.29 is 28.7 Å². The molecule has 2 saturated heterocycles. The fourth-order valence-electron chi connectivity index (χ4n) is 4.17. The van der Waals surface area contributed by atoms with Crippen LogP contribution in [-0.4, -0.2) is 109 Å². The lowest BCUT2D eigenvalue weighted by atomic mass is 9.89. The Morgan fingerprint density at radius 1 is 0.657 bits per heavy atom. The Kier molecular flexibility index (Phi) is 10.5. The van der Waals surface area contributed by atoms with Crippen molar-refractivity contribution in [3.8, 4) is 0 Å². The summed E-state index contributed by atoms with van der Waals surface area (Å²) in [5.74, 6) is -0.263. The van der Waals surface area contributed by atoms with E-state index in [0.717, 1.165) is 19.3 Å². The molecule has 6 amide bonds. The van der Waals surface area contributed by atoms with E-state index >= 15 is 0 Å². The molecule has 0 aromatic carbocycles. The maximum Gasteiger partial charge on any atom is 0.327 e. The molecule has 2 fully saturated rings. The van der Waals surface area contributed by atoms with Gasteiger partial charge < -0.3 is 19.3 Å². The molecule has 0 radical (unpaired) electrons. The lowest BCUT2D eigenvalue weighted by Crippen LogP contribution is -2.40. The molecule has 0 atom stereocenters. The summed E-state index contributed by atoms with van der Waals surface area (Å²) in [6.07, 6.45) is 2.26. The van der Waals surface area contributed by atoms with Crippen LogP contribution in [0.4, 0.5) is 9.59 Å². The Bertz CT molecular complexity index is 707. The average molecular weight is 497 g/mol. The Balaban J connectivity index is 1.55. The van der Waals surface area contributed by atoms with Crippen LogP contribution in [0.25, 0.3) is 0 Å². The molecule has 10 nitrogen and oxygen atoms in total. The Morgan fingerprint density at radius 2 is 1.03 bits per heavy atom. The molecule has 200 valence electrons. The molecule has 0 saturated carbocycles. The Hall–Kier alpha value is -2.20. The van der Waals surface area contributed by atoms with Crippen LogP contribution in [0.5, 0.6) is 0 Å². The molecular weight excluding hydrogens is 452 g/mol. The van der Waals surface area contributed by atoms with Crippen molar-refractivity contribution in [2.45, 2.75) is 60.8 Å². The van der Waals surface area contributed by atoms with E-state index in [4.69, 9.17) is 9.47 Å². The highest BCUT2D eigenvalue weighted by atomic mass is 16.5. The molecule has 0 N–H and O–H groups in total. The van der Waals surface area contributed by atoms with Gasteiger partial charge in [0.15, 0.2) is 0 Å². The largest absolute Gasteiger partial charge is 0.381 e. The number of imide groups is 2. The van der Waals surface area contributed by atoms with Gasteiger partial charge in [-0.3, -0.25) is 19.4 Å². The number of hydrogen-bond donors (Lipinski definition) is 0. The lowest BCUT2D eigenvalue weighted by Gasteiger charge is -2.29. The summed E-state index contributed by atoms with van der Waals surface area (Å²) in [5, 5.41) is 0. The van der Waals surface area contributed by atoms with Crippen molar-refractivity contribution in [3.05, 3.63) is 0 Å². The number of carbonyl (C=O) groups is 4. The third-order valence-electron chi connectivity index (χ3n) is 6.62. The van der Waals surface area contributed by atoms with Crippen LogP contribution in [-0.2, 0) is 19.1 Å². The van der Waals surface area contributed by atoms with E-state index in [9.17, 15) is 19.2 Å². The van der Waals surface area contributed by atoms with E-state index in [2.05, 4.69) is 0 Å². The van der Waals surface area contributed by atoms with Crippen molar-refractivity contribution in [2.24, 2.45) is 10.8 Å². The molecule has 0 unspecified atom stereocenters. The van der Waals surface area contributed by atoms with Crippen molar-refractivity contribution >= 4 is 23.9 Å². The molecule has 0 aliphatic carbocycles. The number of carbonyl (C=O) groups excluding carboxylic acids is 4. The number of nitrogens with zero attached hydrogens (tertiary/aromatic N) is 4. The second-order valence-corrected chi connectivity index (χ2v) is 11.0. The van der Waals surface area contributed by atoms with Gasteiger partial charge in [-0.15, -0.1) is 0 Å². The van der Waals surface area contributed by atoms with Gasteiger partial charge in [0.05, 0.1) is 0 Å². The fraction of sp³-hybridized carbons (Fsp3) is 0.840. The molecule has 2 heterocycles. The molecule has 0 spiro atoms. The second kappa shape index (κ2) is 12.7. The van der Waals surface area contributed by atoms with E-state index in [0.29, 0.717) is 52.6 Å². The minimum absolute atomic E-state index is 0.132. The molecule has 10 heteroatoms. The van der Waals surface area contributed by atoms with Crippen molar-refractivity contribution in [2.75, 3.05) is 65.7 Å². The summed E-state index contributed by atoms with van der Waals surface area (Å²) in [7, 11) is 0. The summed E-state index contributed by atoms with van der Waals surface area (Å²) in [6, 6.07) is -0.401. The minimum atomic E-state index is -0.219. The van der Waals surface area contributed by atoms with E-state index in [-0.39, 0.29) is 47.8 Å². The molecule has 2 rings (SSSR count). The van der Waals surface area contributed by atoms with Crippen LogP contribution in [0, 0.1) is 10.8 Å². The first-order chi connectivity index (χ1) is 16.4. The van der Waals surface area contributed by atoms with Gasteiger partial charge in [-0.05, 0) is 43.9 Å². The lowest BCUT2D eigenvalue weighted by molar-refractivity contribution is -0.127. The number of hydrogen-bond acceptors (Lipinski definition) is 6. The van der Waals surface area contributed by atoms with Crippen LogP contribution in [0.2, 0.25) is 0 Å². The monoisotopic (exact) mass is 496 g/mol. The molecule has 2 aliphatic heterocycles. The van der Waals surface area contributed by atoms with Gasteiger partial charge in [0.25, 0.3) is 0 Å². The Morgan fingerprint density at radius 3 is 1.34 bits per heavy atom. The predicted molar refractivity (Wildman–Crippen MR) is 132 cm³/mol. The molecular formula is C25H44N4O6. The first-order valence-corrected chi connectivity index (χ1v) is 12.7. The van der Waals surface area contributed by atoms with Crippen LogP contribution in [0.1, 0.15) is 60.8 Å². The van der Waals surface area contributed by atoms with Crippen LogP contribution in [0.3, 0.4) is 0 Å². The quantitative estimate of drug-likeness (QED) is 0.241. The number of likely N-dealkylation sites (N-methyl/N-ethyl adjacent to an activating group) is 2. The normalized spacial score (nSPS) is 17.5. The SMILES string of the molecule is CCN1CC(=O)N(CC(C)(C)CCOCCCOCCC(C)(C)CN2C(=O)CN(CC)C2=O)C1=O. The summed E-state index contributed by atoms with van der Waals surface area (Å²) in [5.41, 5.74) is -0.438. The van der Waals surface area contributed by atoms with Crippen LogP contribution < -0.4 is 0 Å². The topological polar surface area (TPSA) is 99.7 Å². The summed E-state index contributed by atoms with van der Waals surface area (Å²) >= 11 is 0. The van der Waals surface area contributed by atoms with Crippen molar-refractivity contribution in [1.82, 2.24) is 19.6 Å². The standard InChI is InChI=1S/C25H44N4O6/c1-7-26-16-20(30)28(22(26)32)18-24(3,4)10-14-34-12-9-13-35-15-11-25(5,6)19-29-21(31)17-27(8-2)23(29)33/h7-19H2,1-6H3. The number of rotatable bonds is 16. The van der Waals surface area contributed by atoms with E-state index in [1.807, 2.05) is 41.5 Å². The summed E-state index contributed by atoms with van der Waals surface area (Å²) in [6.45, 7) is 16.4. The van der Waals surface area contributed by atoms with Gasteiger partial charge in [0.2, 0.25) is 11.8 Å². The molecule has 35 heavy (non-hydrogen) atoms. The zero-order valence-electron chi connectivity index (χ0n) is 22.4. The van der Waals surface area contributed by atoms with Gasteiger partial charge in [0, 0.05) is 52.6 Å². The van der Waals surface area contributed by atoms with Crippen LogP contribution in [0.15, 0.2) is 0 Å². The zero-order valence-corrected chi connectivity index (χ0v) is 22.4. The molecule has 0 bridgehead atoms. The van der Waals surface area contributed by atoms with Crippen molar-refractivity contribution in [3.63, 3.8) is 0 Å². The summed E-state index contributed by atoms with van der Waals surface area (Å²) in [4.78, 5) is 54.6. The smallest absolute Gasteiger partial charge is 0.327 e. The van der Waals surface area contributed by atoms with Gasteiger partial charge in [-0.1, -0.05) is 27.7 Å². The molecule has 0 aromatic heterocycles. The van der Waals surface area contributed by atoms with Gasteiger partial charge in [0.1, 0.15) is 13.1 Å². The highest BCUT2D eigenvalue weighted by Gasteiger charge is 2.39. The number of ether oxygens (including phenoxy) is 2. The highest BCUT2D eigenvalue weighted by Crippen LogP contribution is 2.26. The first-order valence-electron chi connectivity index (χ1n) is 12.7. The number of urea groups is 2. The Labute approximate surface area is 209 Å². The first kappa shape index (κ1) is 29.0. The summed E-state index contributed by atoms with van der Waals surface area (Å²) < 4.78 is 11.5. The minimum Gasteiger partial charge on any atom is -0.381 e. The fourth-order valence-corrected chi connectivity index (χ4v) is 4.17.